The monoisotopic (exact) mass is 607 g/mol. The molecule has 14 nitrogen and oxygen atoms in total. The lowest BCUT2D eigenvalue weighted by atomic mass is 9.72. The van der Waals surface area contributed by atoms with Crippen LogP contribution in [0.25, 0.3) is 0 Å². The van der Waals surface area contributed by atoms with Crippen LogP contribution in [0.5, 0.6) is 11.5 Å². The Kier molecular flexibility index (Phi) is 9.10. The fourth-order valence-electron chi connectivity index (χ4n) is 4.65. The third-order valence-electron chi connectivity index (χ3n) is 6.87. The minimum Gasteiger partial charge on any atom is -0.534 e. The highest BCUT2D eigenvalue weighted by Gasteiger charge is 2.42. The molecular formula is C25H25BF3N5O9. The smallest absolute Gasteiger partial charge is 0.534 e. The molecule has 2 unspecified atom stereocenters. The number of benzene rings is 2. The molecule has 2 heterocycles. The van der Waals surface area contributed by atoms with E-state index < -0.39 is 77.6 Å². The molecule has 2 aliphatic rings. The van der Waals surface area contributed by atoms with Gasteiger partial charge in [-0.05, 0) is 37.1 Å². The summed E-state index contributed by atoms with van der Waals surface area (Å²) < 4.78 is 48.7. The molecule has 228 valence electrons. The Bertz CT molecular complexity index is 1500. The first-order valence-electron chi connectivity index (χ1n) is 12.8. The zero-order chi connectivity index (χ0) is 31.6. The number of carboxylic acid groups (broad SMARTS) is 1. The van der Waals surface area contributed by atoms with Crippen LogP contribution in [0.3, 0.4) is 0 Å². The highest BCUT2D eigenvalue weighted by Crippen LogP contribution is 2.32. The number of nitrogens with zero attached hydrogens (tertiary/aromatic N) is 2. The van der Waals surface area contributed by atoms with Crippen molar-refractivity contribution < 1.29 is 57.0 Å². The second kappa shape index (κ2) is 12.6. The summed E-state index contributed by atoms with van der Waals surface area (Å²) in [4.78, 5) is 64.6. The number of fused-ring (bicyclic) bond motifs is 1. The summed E-state index contributed by atoms with van der Waals surface area (Å²) in [7, 11) is -1.85. The Labute approximate surface area is 241 Å². The van der Waals surface area contributed by atoms with E-state index in [9.17, 15) is 52.4 Å². The van der Waals surface area contributed by atoms with Crippen LogP contribution in [-0.4, -0.2) is 94.0 Å². The average Bonchev–Trinajstić information content (AvgIpc) is 2.97. The first kappa shape index (κ1) is 31.1. The molecule has 0 aromatic heterocycles. The van der Waals surface area contributed by atoms with Gasteiger partial charge in [0.2, 0.25) is 11.7 Å². The number of nitrogens with one attached hydrogen (secondary N) is 2. The Hall–Kier alpha value is -4.84. The van der Waals surface area contributed by atoms with Crippen molar-refractivity contribution in [3.8, 4) is 11.5 Å². The number of rotatable bonds is 8. The number of nitrogens with two attached hydrogens (primary N) is 1. The van der Waals surface area contributed by atoms with Gasteiger partial charge < -0.3 is 41.2 Å². The summed E-state index contributed by atoms with van der Waals surface area (Å²) in [5.74, 6) is -13.9. The van der Waals surface area contributed by atoms with Gasteiger partial charge in [0.05, 0.1) is 11.5 Å². The summed E-state index contributed by atoms with van der Waals surface area (Å²) in [6.07, 6.45) is 0.159. The van der Waals surface area contributed by atoms with Crippen LogP contribution in [0.2, 0.25) is 0 Å². The number of phenolic OH excluding ortho intramolecular Hbond substituents is 1. The van der Waals surface area contributed by atoms with Crippen LogP contribution in [-0.2, 0) is 20.8 Å². The number of hydrogen-bond donors (Lipinski definition) is 6. The molecule has 0 spiro atoms. The molecule has 0 radical (unpaired) electrons. The third kappa shape index (κ3) is 6.19. The molecule has 1 saturated heterocycles. The number of aromatic carboxylic acids is 1. The van der Waals surface area contributed by atoms with Gasteiger partial charge in [-0.1, -0.05) is 12.1 Å². The molecule has 1 fully saturated rings. The molecule has 2 atom stereocenters. The van der Waals surface area contributed by atoms with Crippen LogP contribution >= 0.6 is 0 Å². The van der Waals surface area contributed by atoms with Crippen molar-refractivity contribution in [1.29, 1.82) is 0 Å². The molecule has 2 aromatic rings. The second-order valence-corrected chi connectivity index (χ2v) is 9.62. The van der Waals surface area contributed by atoms with Gasteiger partial charge in [0, 0.05) is 25.2 Å². The number of hydrogen-bond acceptors (Lipinski definition) is 9. The van der Waals surface area contributed by atoms with Crippen molar-refractivity contribution in [2.24, 2.45) is 5.73 Å². The van der Waals surface area contributed by atoms with Gasteiger partial charge in [-0.3, -0.25) is 19.3 Å². The van der Waals surface area contributed by atoms with Gasteiger partial charge in [0.1, 0.15) is 11.8 Å². The quantitative estimate of drug-likeness (QED) is 0.128. The SMILES string of the molecule is NCCCN1CCN(C(=O)NC(C(=O)NC2Cc3cccc(C(=O)O)c3OB2O)c2cc(F)c(O)c(F)c2F)C(=O)C1=O. The number of carboxylic acids is 1. The lowest BCUT2D eigenvalue weighted by Gasteiger charge is -2.34. The van der Waals surface area contributed by atoms with Gasteiger partial charge in [-0.15, -0.1) is 0 Å². The van der Waals surface area contributed by atoms with Gasteiger partial charge in [0.15, 0.2) is 17.4 Å². The number of piperazine rings is 1. The summed E-state index contributed by atoms with van der Waals surface area (Å²) in [6, 6.07) is 0.650. The zero-order valence-corrected chi connectivity index (χ0v) is 22.2. The van der Waals surface area contributed by atoms with Crippen molar-refractivity contribution >= 4 is 36.8 Å². The van der Waals surface area contributed by atoms with Gasteiger partial charge in [-0.25, -0.2) is 18.4 Å². The minimum atomic E-state index is -2.27. The molecule has 18 heteroatoms. The number of aromatic hydroxyl groups is 1. The molecular weight excluding hydrogens is 582 g/mol. The number of imide groups is 1. The number of urea groups is 1. The largest absolute Gasteiger partial charge is 0.547 e. The van der Waals surface area contributed by atoms with Gasteiger partial charge >= 0.3 is 30.9 Å². The van der Waals surface area contributed by atoms with Crippen LogP contribution in [0, 0.1) is 17.5 Å². The Balaban J connectivity index is 1.61. The normalized spacial score (nSPS) is 17.2. The van der Waals surface area contributed by atoms with E-state index >= 15 is 0 Å². The van der Waals surface area contributed by atoms with Gasteiger partial charge in [0.25, 0.3) is 0 Å². The van der Waals surface area contributed by atoms with Crippen LogP contribution in [0.15, 0.2) is 24.3 Å². The molecule has 2 aliphatic heterocycles. The maximum atomic E-state index is 14.9. The standard InChI is InChI=1S/C25H25BF3N5O9/c27-14-10-13(16(28)17(29)19(14)35)18(32-25(41)34-8-7-33(6-2-5-30)22(37)23(34)38)21(36)31-15-9-11-3-1-4-12(24(39)40)20(11)43-26(15)42/h1,3-4,10,15,18,35,42H,2,5-9,30H2,(H,31,36)(H,32,41)(H,39,40). The average molecular weight is 607 g/mol. The van der Waals surface area contributed by atoms with Crippen LogP contribution in [0.4, 0.5) is 18.0 Å². The molecule has 2 aromatic carbocycles. The third-order valence-corrected chi connectivity index (χ3v) is 6.87. The predicted octanol–water partition coefficient (Wildman–Crippen LogP) is -0.582. The zero-order valence-electron chi connectivity index (χ0n) is 22.2. The fraction of sp³-hybridized carbons (Fsp3) is 0.320. The fourth-order valence-corrected chi connectivity index (χ4v) is 4.65. The van der Waals surface area contributed by atoms with Crippen molar-refractivity contribution in [3.63, 3.8) is 0 Å². The van der Waals surface area contributed by atoms with Crippen LogP contribution in [0.1, 0.15) is 33.9 Å². The molecule has 7 N–H and O–H groups in total. The molecule has 0 bridgehead atoms. The number of carbonyl (C=O) groups is 5. The van der Waals surface area contributed by atoms with Crippen molar-refractivity contribution in [2.75, 3.05) is 26.2 Å². The first-order valence-corrected chi connectivity index (χ1v) is 12.8. The van der Waals surface area contributed by atoms with E-state index in [1.54, 1.807) is 0 Å². The second-order valence-electron chi connectivity index (χ2n) is 9.62. The van der Waals surface area contributed by atoms with Crippen molar-refractivity contribution in [2.45, 2.75) is 24.8 Å². The predicted molar refractivity (Wildman–Crippen MR) is 139 cm³/mol. The summed E-state index contributed by atoms with van der Waals surface area (Å²) >= 11 is 0. The summed E-state index contributed by atoms with van der Waals surface area (Å²) in [6.45, 7) is -0.0535. The Morgan fingerprint density at radius 2 is 1.86 bits per heavy atom. The number of carbonyl (C=O) groups excluding carboxylic acids is 4. The molecule has 5 amide bonds. The van der Waals surface area contributed by atoms with E-state index in [4.69, 9.17) is 10.4 Å². The lowest BCUT2D eigenvalue weighted by Crippen LogP contribution is -2.60. The Morgan fingerprint density at radius 1 is 1.14 bits per heavy atom. The topological polar surface area (TPSA) is 212 Å². The van der Waals surface area contributed by atoms with Crippen molar-refractivity contribution in [3.05, 3.63) is 58.4 Å². The number of amides is 5. The highest BCUT2D eigenvalue weighted by atomic mass is 19.2. The minimum absolute atomic E-state index is 0.0883. The number of phenols is 1. The van der Waals surface area contributed by atoms with Crippen molar-refractivity contribution in [1.82, 2.24) is 20.4 Å². The molecule has 0 saturated carbocycles. The maximum absolute atomic E-state index is 14.9. The summed E-state index contributed by atoms with van der Waals surface area (Å²) in [5.41, 5.74) is 4.30. The van der Waals surface area contributed by atoms with E-state index in [1.165, 1.54) is 18.2 Å². The lowest BCUT2D eigenvalue weighted by molar-refractivity contribution is -0.153. The van der Waals surface area contributed by atoms with E-state index in [0.717, 1.165) is 4.90 Å². The maximum Gasteiger partial charge on any atom is 0.547 e. The number of para-hydroxylation sites is 1. The van der Waals surface area contributed by atoms with E-state index in [1.807, 2.05) is 5.32 Å². The Morgan fingerprint density at radius 3 is 2.53 bits per heavy atom. The summed E-state index contributed by atoms with van der Waals surface area (Å²) in [5, 5.41) is 33.5. The molecule has 0 aliphatic carbocycles. The molecule has 4 rings (SSSR count). The van der Waals surface area contributed by atoms with E-state index in [0.29, 0.717) is 11.3 Å². The van der Waals surface area contributed by atoms with Crippen LogP contribution < -0.4 is 21.0 Å². The van der Waals surface area contributed by atoms with E-state index in [-0.39, 0.29) is 55.5 Å². The van der Waals surface area contributed by atoms with E-state index in [2.05, 4.69) is 5.32 Å². The first-order chi connectivity index (χ1) is 20.3. The number of halogens is 3. The molecule has 43 heavy (non-hydrogen) atoms. The van der Waals surface area contributed by atoms with Gasteiger partial charge in [-0.2, -0.15) is 4.39 Å². The highest BCUT2D eigenvalue weighted by molar-refractivity contribution is 6.47.